The van der Waals surface area contributed by atoms with E-state index in [4.69, 9.17) is 9.15 Å². The maximum Gasteiger partial charge on any atom is 0.134 e. The number of rotatable bonds is 8. The molecule has 0 saturated heterocycles. The maximum absolute atomic E-state index is 5.99. The van der Waals surface area contributed by atoms with Crippen molar-refractivity contribution in [2.75, 3.05) is 6.61 Å². The van der Waals surface area contributed by atoms with Crippen LogP contribution in [-0.2, 0) is 17.9 Å². The number of ether oxygens (including phenoxy) is 1. The summed E-state index contributed by atoms with van der Waals surface area (Å²) < 4.78 is 11.8. The van der Waals surface area contributed by atoms with Crippen LogP contribution in [0.15, 0.2) is 28.7 Å². The van der Waals surface area contributed by atoms with Crippen molar-refractivity contribution in [2.45, 2.75) is 53.3 Å². The number of furan rings is 1. The van der Waals surface area contributed by atoms with Gasteiger partial charge in [0.15, 0.2) is 0 Å². The van der Waals surface area contributed by atoms with E-state index >= 15 is 0 Å². The Kier molecular flexibility index (Phi) is 5.83. The fourth-order valence-corrected chi connectivity index (χ4v) is 2.24. The van der Waals surface area contributed by atoms with E-state index in [-0.39, 0.29) is 0 Å². The molecule has 0 aliphatic rings. The van der Waals surface area contributed by atoms with E-state index < -0.39 is 0 Å². The Hall–Kier alpha value is -1.32. The molecule has 0 spiro atoms. The highest BCUT2D eigenvalue weighted by Crippen LogP contribution is 2.26. The molecule has 0 aliphatic carbocycles. The van der Waals surface area contributed by atoms with Gasteiger partial charge < -0.3 is 14.5 Å². The first-order valence-corrected chi connectivity index (χ1v) is 7.88. The molecule has 1 heterocycles. The molecule has 21 heavy (non-hydrogen) atoms. The minimum Gasteiger partial charge on any atom is -0.459 e. The van der Waals surface area contributed by atoms with Gasteiger partial charge in [0.1, 0.15) is 11.3 Å². The van der Waals surface area contributed by atoms with E-state index in [1.54, 1.807) is 0 Å². The highest BCUT2D eigenvalue weighted by atomic mass is 16.5. The van der Waals surface area contributed by atoms with Gasteiger partial charge in [-0.25, -0.2) is 0 Å². The van der Waals surface area contributed by atoms with Gasteiger partial charge in [-0.1, -0.05) is 45.9 Å². The van der Waals surface area contributed by atoms with E-state index in [1.807, 2.05) is 12.1 Å². The summed E-state index contributed by atoms with van der Waals surface area (Å²) in [5.74, 6) is 1.67. The Labute approximate surface area is 127 Å². The van der Waals surface area contributed by atoms with Crippen LogP contribution in [0.3, 0.4) is 0 Å². The molecule has 2 aromatic rings. The number of nitrogens with one attached hydrogen (secondary N) is 1. The molecular formula is C18H27NO2. The van der Waals surface area contributed by atoms with Gasteiger partial charge in [0.25, 0.3) is 0 Å². The van der Waals surface area contributed by atoms with Crippen molar-refractivity contribution in [1.82, 2.24) is 5.32 Å². The van der Waals surface area contributed by atoms with Gasteiger partial charge in [0, 0.05) is 23.6 Å². The maximum atomic E-state index is 5.99. The van der Waals surface area contributed by atoms with Crippen molar-refractivity contribution in [3.8, 4) is 0 Å². The number of hydrogen-bond donors (Lipinski definition) is 1. The van der Waals surface area contributed by atoms with Crippen LogP contribution in [0.1, 0.15) is 45.4 Å². The zero-order valence-electron chi connectivity index (χ0n) is 13.6. The molecule has 0 bridgehead atoms. The van der Waals surface area contributed by atoms with E-state index in [0.29, 0.717) is 18.6 Å². The normalized spacial score (nSPS) is 11.9. The Morgan fingerprint density at radius 3 is 2.62 bits per heavy atom. The molecule has 116 valence electrons. The smallest absolute Gasteiger partial charge is 0.134 e. The Morgan fingerprint density at radius 2 is 1.90 bits per heavy atom. The summed E-state index contributed by atoms with van der Waals surface area (Å²) >= 11 is 0. The van der Waals surface area contributed by atoms with E-state index in [2.05, 4.69) is 45.1 Å². The second-order valence-electron chi connectivity index (χ2n) is 6.27. The van der Waals surface area contributed by atoms with Crippen molar-refractivity contribution in [2.24, 2.45) is 5.92 Å². The molecule has 0 fully saturated rings. The van der Waals surface area contributed by atoms with Crippen LogP contribution in [0.2, 0.25) is 0 Å². The van der Waals surface area contributed by atoms with Gasteiger partial charge in [-0.05, 0) is 18.4 Å². The second-order valence-corrected chi connectivity index (χ2v) is 6.27. The van der Waals surface area contributed by atoms with Crippen LogP contribution in [0.25, 0.3) is 11.0 Å². The number of para-hydroxylation sites is 1. The summed E-state index contributed by atoms with van der Waals surface area (Å²) in [7, 11) is 0. The molecule has 0 unspecified atom stereocenters. The van der Waals surface area contributed by atoms with E-state index in [0.717, 1.165) is 30.9 Å². The SMILES string of the molecule is CC(C)CCOCc1c(CNC(C)C)oc2ccccc12. The summed E-state index contributed by atoms with van der Waals surface area (Å²) in [6.45, 7) is 10.9. The zero-order chi connectivity index (χ0) is 15.2. The molecule has 3 nitrogen and oxygen atoms in total. The fraction of sp³-hybridized carbons (Fsp3) is 0.556. The van der Waals surface area contributed by atoms with Crippen molar-refractivity contribution in [3.63, 3.8) is 0 Å². The van der Waals surface area contributed by atoms with Crippen LogP contribution >= 0.6 is 0 Å². The number of hydrogen-bond acceptors (Lipinski definition) is 3. The highest BCUT2D eigenvalue weighted by molar-refractivity contribution is 5.82. The van der Waals surface area contributed by atoms with Gasteiger partial charge >= 0.3 is 0 Å². The lowest BCUT2D eigenvalue weighted by molar-refractivity contribution is 0.110. The third-order valence-corrected chi connectivity index (χ3v) is 3.54. The summed E-state index contributed by atoms with van der Waals surface area (Å²) in [5, 5.41) is 4.59. The highest BCUT2D eigenvalue weighted by Gasteiger charge is 2.14. The molecule has 1 aromatic carbocycles. The van der Waals surface area contributed by atoms with Gasteiger partial charge in [-0.3, -0.25) is 0 Å². The zero-order valence-corrected chi connectivity index (χ0v) is 13.6. The summed E-state index contributed by atoms with van der Waals surface area (Å²) in [5.41, 5.74) is 2.13. The van der Waals surface area contributed by atoms with Crippen LogP contribution in [-0.4, -0.2) is 12.6 Å². The van der Waals surface area contributed by atoms with E-state index in [1.165, 1.54) is 10.9 Å². The minimum atomic E-state index is 0.438. The fourth-order valence-electron chi connectivity index (χ4n) is 2.24. The summed E-state index contributed by atoms with van der Waals surface area (Å²) in [4.78, 5) is 0. The van der Waals surface area contributed by atoms with E-state index in [9.17, 15) is 0 Å². The average Bonchev–Trinajstić information content (AvgIpc) is 2.79. The molecule has 0 amide bonds. The average molecular weight is 289 g/mol. The molecule has 0 aliphatic heterocycles. The van der Waals surface area contributed by atoms with Crippen molar-refractivity contribution in [1.29, 1.82) is 0 Å². The largest absolute Gasteiger partial charge is 0.459 e. The van der Waals surface area contributed by atoms with Crippen molar-refractivity contribution >= 4 is 11.0 Å². The van der Waals surface area contributed by atoms with Crippen LogP contribution in [0, 0.1) is 5.92 Å². The van der Waals surface area contributed by atoms with Gasteiger partial charge in [0.05, 0.1) is 13.2 Å². The first-order valence-electron chi connectivity index (χ1n) is 7.88. The lowest BCUT2D eigenvalue weighted by Crippen LogP contribution is -2.22. The first kappa shape index (κ1) is 16.1. The van der Waals surface area contributed by atoms with Crippen LogP contribution < -0.4 is 5.32 Å². The topological polar surface area (TPSA) is 34.4 Å². The second kappa shape index (κ2) is 7.62. The van der Waals surface area contributed by atoms with Crippen LogP contribution in [0.5, 0.6) is 0 Å². The summed E-state index contributed by atoms with van der Waals surface area (Å²) in [6.07, 6.45) is 1.09. The lowest BCUT2D eigenvalue weighted by atomic mass is 10.1. The predicted octanol–water partition coefficient (Wildman–Crippen LogP) is 4.49. The van der Waals surface area contributed by atoms with Gasteiger partial charge in [-0.2, -0.15) is 0 Å². The minimum absolute atomic E-state index is 0.438. The Morgan fingerprint density at radius 1 is 1.14 bits per heavy atom. The first-order chi connectivity index (χ1) is 10.1. The molecule has 2 rings (SSSR count). The predicted molar refractivity (Wildman–Crippen MR) is 87.3 cm³/mol. The monoisotopic (exact) mass is 289 g/mol. The Balaban J connectivity index is 2.11. The van der Waals surface area contributed by atoms with Crippen molar-refractivity contribution < 1.29 is 9.15 Å². The molecule has 0 saturated carbocycles. The standard InChI is InChI=1S/C18H27NO2/c1-13(2)9-10-20-12-16-15-7-5-6-8-17(15)21-18(16)11-19-14(3)4/h5-8,13-14,19H,9-12H2,1-4H3. The molecule has 1 aromatic heterocycles. The molecule has 3 heteroatoms. The molecular weight excluding hydrogens is 262 g/mol. The third-order valence-electron chi connectivity index (χ3n) is 3.54. The van der Waals surface area contributed by atoms with Crippen LogP contribution in [0.4, 0.5) is 0 Å². The van der Waals surface area contributed by atoms with Crippen molar-refractivity contribution in [3.05, 3.63) is 35.6 Å². The number of benzene rings is 1. The van der Waals surface area contributed by atoms with Gasteiger partial charge in [0.2, 0.25) is 0 Å². The molecule has 1 N–H and O–H groups in total. The Bertz CT molecular complexity index is 557. The quantitative estimate of drug-likeness (QED) is 0.727. The lowest BCUT2D eigenvalue weighted by Gasteiger charge is -2.09. The molecule has 0 atom stereocenters. The van der Waals surface area contributed by atoms with Gasteiger partial charge in [-0.15, -0.1) is 0 Å². The molecule has 0 radical (unpaired) electrons. The number of fused-ring (bicyclic) bond motifs is 1. The third kappa shape index (κ3) is 4.58. The summed E-state index contributed by atoms with van der Waals surface area (Å²) in [6, 6.07) is 8.63.